The predicted octanol–water partition coefficient (Wildman–Crippen LogP) is 1.75. The molecule has 4 atom stereocenters. The Morgan fingerprint density at radius 3 is 2.27 bits per heavy atom. The minimum atomic E-state index is -0.914. The van der Waals surface area contributed by atoms with E-state index in [1.54, 1.807) is 14.0 Å². The highest BCUT2D eigenvalue weighted by molar-refractivity contribution is 5.17. The fraction of sp³-hybridized carbons (Fsp3) is 0.765. The zero-order valence-corrected chi connectivity index (χ0v) is 14.7. The fourth-order valence-electron chi connectivity index (χ4n) is 3.14. The molecule has 0 aromatic carbocycles. The molecule has 0 amide bonds. The van der Waals surface area contributed by atoms with E-state index in [-0.39, 0.29) is 11.5 Å². The van der Waals surface area contributed by atoms with Gasteiger partial charge in [-0.05, 0) is 20.8 Å². The van der Waals surface area contributed by atoms with E-state index in [1.165, 1.54) is 0 Å². The standard InChI is InChI=1S/C17H32N2O3/c1-8-16(5,19-11-9-18-10-12-19)13(2)17(6,21-7)14(3)22-15(4)20/h8,13,15,18,20H,1,3,9-12H2,2,4-7H3/t13-,15?,16?,17?/m0/s1. The van der Waals surface area contributed by atoms with E-state index in [4.69, 9.17) is 9.47 Å². The Morgan fingerprint density at radius 1 is 1.32 bits per heavy atom. The van der Waals surface area contributed by atoms with Crippen molar-refractivity contribution < 1.29 is 14.6 Å². The fourth-order valence-corrected chi connectivity index (χ4v) is 3.14. The molecule has 0 bridgehead atoms. The summed E-state index contributed by atoms with van der Waals surface area (Å²) in [6.45, 7) is 19.7. The minimum Gasteiger partial charge on any atom is -0.467 e. The van der Waals surface area contributed by atoms with Crippen molar-refractivity contribution >= 4 is 0 Å². The summed E-state index contributed by atoms with van der Waals surface area (Å²) < 4.78 is 11.2. The Balaban J connectivity index is 3.06. The first-order chi connectivity index (χ1) is 10.2. The monoisotopic (exact) mass is 312 g/mol. The molecule has 1 fully saturated rings. The second kappa shape index (κ2) is 7.59. The van der Waals surface area contributed by atoms with Gasteiger partial charge >= 0.3 is 0 Å². The quantitative estimate of drug-likeness (QED) is 0.406. The Labute approximate surface area is 135 Å². The van der Waals surface area contributed by atoms with E-state index in [0.717, 1.165) is 26.2 Å². The van der Waals surface area contributed by atoms with Gasteiger partial charge in [-0.2, -0.15) is 0 Å². The maximum atomic E-state index is 9.49. The van der Waals surface area contributed by atoms with Crippen molar-refractivity contribution in [3.63, 3.8) is 0 Å². The summed E-state index contributed by atoms with van der Waals surface area (Å²) >= 11 is 0. The molecule has 1 rings (SSSR count). The lowest BCUT2D eigenvalue weighted by Gasteiger charge is -2.51. The zero-order valence-electron chi connectivity index (χ0n) is 14.7. The van der Waals surface area contributed by atoms with Crippen LogP contribution in [0.5, 0.6) is 0 Å². The summed E-state index contributed by atoms with van der Waals surface area (Å²) in [5.74, 6) is 0.465. The number of hydrogen-bond acceptors (Lipinski definition) is 5. The molecule has 1 saturated heterocycles. The number of aliphatic hydroxyl groups is 1. The summed E-state index contributed by atoms with van der Waals surface area (Å²) in [6.07, 6.45) is 1.07. The molecule has 0 saturated carbocycles. The smallest absolute Gasteiger partial charge is 0.194 e. The minimum absolute atomic E-state index is 0.0341. The van der Waals surface area contributed by atoms with Gasteiger partial charge in [-0.1, -0.05) is 19.6 Å². The maximum Gasteiger partial charge on any atom is 0.194 e. The summed E-state index contributed by atoms with van der Waals surface area (Å²) in [4.78, 5) is 2.41. The van der Waals surface area contributed by atoms with Gasteiger partial charge in [-0.3, -0.25) is 4.90 Å². The largest absolute Gasteiger partial charge is 0.467 e. The van der Waals surface area contributed by atoms with Crippen molar-refractivity contribution in [1.29, 1.82) is 0 Å². The molecular weight excluding hydrogens is 280 g/mol. The molecular formula is C17H32N2O3. The van der Waals surface area contributed by atoms with Gasteiger partial charge in [-0.25, -0.2) is 0 Å². The number of methoxy groups -OCH3 is 1. The Hall–Kier alpha value is -0.880. The molecule has 1 aliphatic rings. The van der Waals surface area contributed by atoms with E-state index in [0.29, 0.717) is 5.76 Å². The molecule has 1 aliphatic heterocycles. The van der Waals surface area contributed by atoms with Crippen molar-refractivity contribution in [3.05, 3.63) is 25.0 Å². The molecule has 3 unspecified atom stereocenters. The molecule has 1 heterocycles. The molecule has 5 nitrogen and oxygen atoms in total. The van der Waals surface area contributed by atoms with Crippen molar-refractivity contribution in [2.24, 2.45) is 5.92 Å². The lowest BCUT2D eigenvalue weighted by molar-refractivity contribution is -0.130. The van der Waals surface area contributed by atoms with Crippen LogP contribution in [0.3, 0.4) is 0 Å². The van der Waals surface area contributed by atoms with E-state index >= 15 is 0 Å². The Bertz CT molecular complexity index is 393. The van der Waals surface area contributed by atoms with Crippen LogP contribution < -0.4 is 5.32 Å². The highest BCUT2D eigenvalue weighted by Gasteiger charge is 2.48. The van der Waals surface area contributed by atoms with Crippen molar-refractivity contribution in [2.45, 2.75) is 45.1 Å². The van der Waals surface area contributed by atoms with E-state index < -0.39 is 11.9 Å². The lowest BCUT2D eigenvalue weighted by Crippen LogP contribution is -2.61. The van der Waals surface area contributed by atoms with Gasteiger partial charge in [0.1, 0.15) is 11.4 Å². The normalized spacial score (nSPS) is 24.6. The summed E-state index contributed by atoms with van der Waals surface area (Å²) in [6, 6.07) is 0. The van der Waals surface area contributed by atoms with Gasteiger partial charge in [0.25, 0.3) is 0 Å². The second-order valence-corrected chi connectivity index (χ2v) is 6.34. The first kappa shape index (κ1) is 19.2. The topological polar surface area (TPSA) is 54.0 Å². The lowest BCUT2D eigenvalue weighted by atomic mass is 9.73. The van der Waals surface area contributed by atoms with Gasteiger partial charge in [-0.15, -0.1) is 6.58 Å². The highest BCUT2D eigenvalue weighted by Crippen LogP contribution is 2.40. The third kappa shape index (κ3) is 3.71. The first-order valence-corrected chi connectivity index (χ1v) is 7.91. The second-order valence-electron chi connectivity index (χ2n) is 6.34. The average Bonchev–Trinajstić information content (AvgIpc) is 2.52. The molecule has 22 heavy (non-hydrogen) atoms. The number of piperazine rings is 1. The maximum absolute atomic E-state index is 9.49. The number of nitrogens with zero attached hydrogens (tertiary/aromatic N) is 1. The van der Waals surface area contributed by atoms with E-state index in [9.17, 15) is 5.11 Å². The van der Waals surface area contributed by atoms with Gasteiger partial charge in [0.2, 0.25) is 0 Å². The molecule has 0 aromatic heterocycles. The van der Waals surface area contributed by atoms with Crippen LogP contribution in [0.1, 0.15) is 27.7 Å². The highest BCUT2D eigenvalue weighted by atomic mass is 16.6. The van der Waals surface area contributed by atoms with E-state index in [1.807, 2.05) is 13.0 Å². The molecule has 0 radical (unpaired) electrons. The number of rotatable bonds is 8. The SMILES string of the molecule is C=CC(C)([C@H](C)C(C)(OC)C(=C)OC(C)O)N1CCNCC1. The number of nitrogens with one attached hydrogen (secondary N) is 1. The van der Waals surface area contributed by atoms with Crippen LogP contribution in [0, 0.1) is 5.92 Å². The van der Waals surface area contributed by atoms with Gasteiger partial charge < -0.3 is 19.9 Å². The van der Waals surface area contributed by atoms with Gasteiger partial charge in [0, 0.05) is 44.7 Å². The third-order valence-corrected chi connectivity index (χ3v) is 5.21. The molecule has 0 aromatic rings. The molecule has 0 spiro atoms. The number of aliphatic hydroxyl groups excluding tert-OH is 1. The predicted molar refractivity (Wildman–Crippen MR) is 89.5 cm³/mol. The van der Waals surface area contributed by atoms with Crippen LogP contribution in [-0.4, -0.2) is 60.7 Å². The van der Waals surface area contributed by atoms with Crippen molar-refractivity contribution in [3.8, 4) is 0 Å². The Morgan fingerprint density at radius 2 is 1.86 bits per heavy atom. The number of hydrogen-bond donors (Lipinski definition) is 2. The molecule has 5 heteroatoms. The van der Waals surface area contributed by atoms with E-state index in [2.05, 4.69) is 37.2 Å². The Kier molecular flexibility index (Phi) is 6.62. The summed E-state index contributed by atoms with van der Waals surface area (Å²) in [5, 5.41) is 12.9. The average molecular weight is 312 g/mol. The van der Waals surface area contributed by atoms with Crippen LogP contribution >= 0.6 is 0 Å². The third-order valence-electron chi connectivity index (χ3n) is 5.21. The zero-order chi connectivity index (χ0) is 17.0. The molecule has 0 aliphatic carbocycles. The van der Waals surface area contributed by atoms with Gasteiger partial charge in [0.15, 0.2) is 6.29 Å². The van der Waals surface area contributed by atoms with Crippen LogP contribution in [0.4, 0.5) is 0 Å². The van der Waals surface area contributed by atoms with Crippen LogP contribution in [0.25, 0.3) is 0 Å². The molecule has 128 valence electrons. The van der Waals surface area contributed by atoms with Crippen molar-refractivity contribution in [1.82, 2.24) is 10.2 Å². The van der Waals surface area contributed by atoms with Crippen LogP contribution in [0.15, 0.2) is 25.0 Å². The van der Waals surface area contributed by atoms with Crippen molar-refractivity contribution in [2.75, 3.05) is 33.3 Å². The van der Waals surface area contributed by atoms with Crippen LogP contribution in [0.2, 0.25) is 0 Å². The van der Waals surface area contributed by atoms with Crippen LogP contribution in [-0.2, 0) is 9.47 Å². The summed E-state index contributed by atoms with van der Waals surface area (Å²) in [7, 11) is 1.65. The summed E-state index contributed by atoms with van der Waals surface area (Å²) in [5.41, 5.74) is -0.997. The molecule has 2 N–H and O–H groups in total. The first-order valence-electron chi connectivity index (χ1n) is 7.91. The van der Waals surface area contributed by atoms with Gasteiger partial charge in [0.05, 0.1) is 0 Å². The number of ether oxygens (including phenoxy) is 2.